The van der Waals surface area contributed by atoms with Crippen molar-refractivity contribution in [2.24, 2.45) is 5.73 Å². The van der Waals surface area contributed by atoms with E-state index in [1.54, 1.807) is 30.6 Å². The van der Waals surface area contributed by atoms with E-state index in [1.807, 2.05) is 18.2 Å². The molecule has 1 saturated carbocycles. The molecule has 11 heteroatoms. The minimum Gasteiger partial charge on any atom is -0.495 e. The highest BCUT2D eigenvalue weighted by Crippen LogP contribution is 2.46. The molecule has 3 heterocycles. The Labute approximate surface area is 234 Å². The molecule has 0 bridgehead atoms. The molecule has 0 spiro atoms. The quantitative estimate of drug-likeness (QED) is 0.292. The Bertz CT molecular complexity index is 1510. The van der Waals surface area contributed by atoms with Gasteiger partial charge in [0.15, 0.2) is 5.13 Å². The van der Waals surface area contributed by atoms with Crippen LogP contribution in [0.1, 0.15) is 47.4 Å². The van der Waals surface area contributed by atoms with Crippen molar-refractivity contribution in [3.05, 3.63) is 57.3 Å². The van der Waals surface area contributed by atoms with Gasteiger partial charge in [0.2, 0.25) is 5.91 Å². The summed E-state index contributed by atoms with van der Waals surface area (Å²) in [4.78, 5) is 21.3. The number of hydrogen-bond donors (Lipinski definition) is 1. The van der Waals surface area contributed by atoms with Crippen molar-refractivity contribution < 1.29 is 14.1 Å². The fourth-order valence-corrected chi connectivity index (χ4v) is 6.90. The van der Waals surface area contributed by atoms with Crippen LogP contribution in [0.25, 0.3) is 21.5 Å². The van der Waals surface area contributed by atoms with E-state index in [2.05, 4.69) is 21.9 Å². The lowest BCUT2D eigenvalue weighted by Crippen LogP contribution is -2.51. The van der Waals surface area contributed by atoms with Crippen LogP contribution in [0.5, 0.6) is 5.75 Å². The van der Waals surface area contributed by atoms with Gasteiger partial charge in [0, 0.05) is 54.8 Å². The Balaban J connectivity index is 1.25. The molecule has 2 aromatic carbocycles. The summed E-state index contributed by atoms with van der Waals surface area (Å²) in [5, 5.41) is 6.48. The monoisotopic (exact) mass is 571 g/mol. The Kier molecular flexibility index (Phi) is 6.72. The summed E-state index contributed by atoms with van der Waals surface area (Å²) in [6.45, 7) is 5.39. The third-order valence-electron chi connectivity index (χ3n) is 7.25. The van der Waals surface area contributed by atoms with E-state index in [0.29, 0.717) is 39.3 Å². The molecule has 6 rings (SSSR count). The third kappa shape index (κ3) is 4.62. The standard InChI is InChI=1S/C27H27Cl2N5O3S/c1-14-12-33(8-9-34(14)27-31-20-10-16(26(30)35)11-21(36-2)25(20)38-27)13-17-23(32-37-24(17)15-6-7-15)22-18(28)4-3-5-19(22)29/h3-5,10-11,14-15H,6-9,12-13H2,1-2H3,(H2,30,35)/t14-/m0/s1. The molecule has 198 valence electrons. The number of anilines is 1. The summed E-state index contributed by atoms with van der Waals surface area (Å²) >= 11 is 14.7. The molecular weight excluding hydrogens is 545 g/mol. The van der Waals surface area contributed by atoms with Gasteiger partial charge >= 0.3 is 0 Å². The van der Waals surface area contributed by atoms with E-state index in [4.69, 9.17) is 43.2 Å². The number of benzene rings is 2. The van der Waals surface area contributed by atoms with Gasteiger partial charge in [-0.25, -0.2) is 4.98 Å². The van der Waals surface area contributed by atoms with Crippen LogP contribution < -0.4 is 15.4 Å². The van der Waals surface area contributed by atoms with Crippen LogP contribution in [0.15, 0.2) is 34.9 Å². The maximum atomic E-state index is 11.8. The van der Waals surface area contributed by atoms with E-state index >= 15 is 0 Å². The van der Waals surface area contributed by atoms with Crippen molar-refractivity contribution in [1.29, 1.82) is 0 Å². The van der Waals surface area contributed by atoms with Crippen LogP contribution >= 0.6 is 34.5 Å². The number of thiazole rings is 1. The summed E-state index contributed by atoms with van der Waals surface area (Å²) in [5.74, 6) is 1.47. The van der Waals surface area contributed by atoms with Gasteiger partial charge in [-0.3, -0.25) is 9.69 Å². The van der Waals surface area contributed by atoms with Crippen molar-refractivity contribution in [1.82, 2.24) is 15.0 Å². The average Bonchev–Trinajstić information content (AvgIpc) is 3.51. The first-order chi connectivity index (χ1) is 18.3. The number of rotatable bonds is 7. The highest BCUT2D eigenvalue weighted by molar-refractivity contribution is 7.22. The molecule has 1 atom stereocenters. The molecule has 1 saturated heterocycles. The van der Waals surface area contributed by atoms with Crippen LogP contribution in [0.3, 0.4) is 0 Å². The molecule has 1 aliphatic heterocycles. The number of methoxy groups -OCH3 is 1. The van der Waals surface area contributed by atoms with Gasteiger partial charge in [0.05, 0.1) is 27.4 Å². The highest BCUT2D eigenvalue weighted by Gasteiger charge is 2.35. The number of amides is 1. The number of carbonyl (C=O) groups excluding carboxylic acids is 1. The summed E-state index contributed by atoms with van der Waals surface area (Å²) < 4.78 is 12.3. The molecule has 2 aliphatic rings. The first-order valence-electron chi connectivity index (χ1n) is 12.5. The number of aromatic nitrogens is 2. The lowest BCUT2D eigenvalue weighted by molar-refractivity contribution is 0.1000. The maximum absolute atomic E-state index is 11.8. The molecule has 2 N–H and O–H groups in total. The SMILES string of the molecule is COc1cc(C(N)=O)cc2nc(N3CCN(Cc4c(-c5c(Cl)cccc5Cl)noc4C4CC4)C[C@@H]3C)sc12. The molecule has 38 heavy (non-hydrogen) atoms. The molecule has 8 nitrogen and oxygen atoms in total. The Hall–Kier alpha value is -2.85. The Morgan fingerprint density at radius 3 is 2.66 bits per heavy atom. The molecule has 4 aromatic rings. The summed E-state index contributed by atoms with van der Waals surface area (Å²) in [5.41, 5.74) is 9.15. The predicted molar refractivity (Wildman–Crippen MR) is 151 cm³/mol. The number of carbonyl (C=O) groups is 1. The molecule has 1 aliphatic carbocycles. The minimum atomic E-state index is -0.501. The van der Waals surface area contributed by atoms with Gasteiger partial charge in [0.25, 0.3) is 0 Å². The second-order valence-corrected chi connectivity index (χ2v) is 11.7. The van der Waals surface area contributed by atoms with Crippen molar-refractivity contribution in [3.63, 3.8) is 0 Å². The maximum Gasteiger partial charge on any atom is 0.248 e. The van der Waals surface area contributed by atoms with Crippen LogP contribution in [0, 0.1) is 0 Å². The normalized spacial score (nSPS) is 18.3. The van der Waals surface area contributed by atoms with Gasteiger partial charge in [-0.1, -0.05) is 45.8 Å². The van der Waals surface area contributed by atoms with Crippen molar-refractivity contribution in [2.75, 3.05) is 31.6 Å². The number of fused-ring (bicyclic) bond motifs is 1. The Morgan fingerprint density at radius 2 is 2.00 bits per heavy atom. The summed E-state index contributed by atoms with van der Waals surface area (Å²) in [6.07, 6.45) is 2.22. The number of nitrogens with zero attached hydrogens (tertiary/aromatic N) is 4. The number of halogens is 2. The summed E-state index contributed by atoms with van der Waals surface area (Å²) in [6, 6.07) is 9.11. The number of ether oxygens (including phenoxy) is 1. The second kappa shape index (κ2) is 10.0. The number of piperazine rings is 1. The zero-order valence-electron chi connectivity index (χ0n) is 21.0. The summed E-state index contributed by atoms with van der Waals surface area (Å²) in [7, 11) is 1.59. The van der Waals surface area contributed by atoms with Gasteiger partial charge < -0.3 is 19.9 Å². The first kappa shape index (κ1) is 25.4. The lowest BCUT2D eigenvalue weighted by atomic mass is 10.0. The largest absolute Gasteiger partial charge is 0.495 e. The van der Waals surface area contributed by atoms with Gasteiger partial charge in [-0.2, -0.15) is 0 Å². The van der Waals surface area contributed by atoms with Crippen molar-refractivity contribution >= 4 is 55.8 Å². The topological polar surface area (TPSA) is 97.7 Å². The molecule has 2 aromatic heterocycles. The Morgan fingerprint density at radius 1 is 1.24 bits per heavy atom. The highest BCUT2D eigenvalue weighted by atomic mass is 35.5. The van der Waals surface area contributed by atoms with Crippen LogP contribution in [-0.4, -0.2) is 53.7 Å². The fourth-order valence-electron chi connectivity index (χ4n) is 5.15. The molecular formula is C27H27Cl2N5O3S. The predicted octanol–water partition coefficient (Wildman–Crippen LogP) is 5.95. The lowest BCUT2D eigenvalue weighted by Gasteiger charge is -2.39. The van der Waals surface area contributed by atoms with Crippen molar-refractivity contribution in [3.8, 4) is 17.0 Å². The number of hydrogen-bond acceptors (Lipinski definition) is 8. The van der Waals surface area contributed by atoms with E-state index in [0.717, 1.165) is 64.9 Å². The average molecular weight is 573 g/mol. The van der Waals surface area contributed by atoms with Gasteiger partial charge in [-0.15, -0.1) is 0 Å². The second-order valence-electron chi connectivity index (χ2n) is 9.91. The van der Waals surface area contributed by atoms with Crippen LogP contribution in [0.4, 0.5) is 5.13 Å². The zero-order chi connectivity index (χ0) is 26.6. The smallest absolute Gasteiger partial charge is 0.248 e. The number of primary amides is 1. The molecule has 0 radical (unpaired) electrons. The van der Waals surface area contributed by atoms with E-state index < -0.39 is 5.91 Å². The molecule has 0 unspecified atom stereocenters. The minimum absolute atomic E-state index is 0.211. The van der Waals surface area contributed by atoms with Crippen molar-refractivity contribution in [2.45, 2.75) is 38.3 Å². The van der Waals surface area contributed by atoms with E-state index in [-0.39, 0.29) is 6.04 Å². The first-order valence-corrected chi connectivity index (χ1v) is 14.1. The van der Waals surface area contributed by atoms with Crippen LogP contribution in [-0.2, 0) is 6.54 Å². The van der Waals surface area contributed by atoms with E-state index in [1.165, 1.54) is 0 Å². The van der Waals surface area contributed by atoms with E-state index in [9.17, 15) is 4.79 Å². The molecule has 2 fully saturated rings. The fraction of sp³-hybridized carbons (Fsp3) is 0.370. The number of nitrogens with two attached hydrogens (primary N) is 1. The van der Waals surface area contributed by atoms with Gasteiger partial charge in [-0.05, 0) is 44.0 Å². The third-order valence-corrected chi connectivity index (χ3v) is 9.01. The van der Waals surface area contributed by atoms with Crippen LogP contribution in [0.2, 0.25) is 10.0 Å². The zero-order valence-corrected chi connectivity index (χ0v) is 23.4. The molecule has 1 amide bonds. The van der Waals surface area contributed by atoms with Gasteiger partial charge in [0.1, 0.15) is 17.2 Å².